The van der Waals surface area contributed by atoms with Gasteiger partial charge in [0, 0.05) is 6.92 Å². The van der Waals surface area contributed by atoms with Gasteiger partial charge in [-0.05, 0) is 0 Å². The summed E-state index contributed by atoms with van der Waals surface area (Å²) >= 11 is 0. The van der Waals surface area contributed by atoms with Crippen LogP contribution in [0.3, 0.4) is 0 Å². The first-order chi connectivity index (χ1) is 4.66. The molecule has 54 valence electrons. The molecule has 0 saturated heterocycles. The van der Waals surface area contributed by atoms with Gasteiger partial charge in [0.25, 0.3) is 0 Å². The first kappa shape index (κ1) is 8.50. The van der Waals surface area contributed by atoms with E-state index >= 15 is 0 Å². The Morgan fingerprint density at radius 2 is 2.20 bits per heavy atom. The highest BCUT2D eigenvalue weighted by Gasteiger charge is 2.06. The van der Waals surface area contributed by atoms with Crippen LogP contribution in [0.2, 0.25) is 0 Å². The lowest BCUT2D eigenvalue weighted by molar-refractivity contribution is -0.147. The van der Waals surface area contributed by atoms with Gasteiger partial charge in [-0.25, -0.2) is 0 Å². The van der Waals surface area contributed by atoms with Crippen molar-refractivity contribution in [2.24, 2.45) is 0 Å². The molecule has 0 fully saturated rings. The Kier molecular flexibility index (Phi) is 3.73. The van der Waals surface area contributed by atoms with E-state index in [1.54, 1.807) is 0 Å². The Morgan fingerprint density at radius 3 is 2.60 bits per heavy atom. The molecule has 0 aliphatic rings. The second-order valence-electron chi connectivity index (χ2n) is 1.40. The van der Waals surface area contributed by atoms with Crippen LogP contribution in [0.5, 0.6) is 0 Å². The smallest absolute Gasteiger partial charge is 0.331 e. The Balaban J connectivity index is 3.61. The SMILES string of the molecule is CC#COC(=O)CC(=O)O. The highest BCUT2D eigenvalue weighted by Crippen LogP contribution is 1.83. The van der Waals surface area contributed by atoms with Crippen LogP contribution in [-0.2, 0) is 14.3 Å². The quantitative estimate of drug-likeness (QED) is 0.334. The molecule has 4 nitrogen and oxygen atoms in total. The zero-order valence-corrected chi connectivity index (χ0v) is 5.38. The van der Waals surface area contributed by atoms with Crippen LogP contribution in [0.15, 0.2) is 0 Å². The fourth-order valence-electron chi connectivity index (χ4n) is 0.268. The molecule has 0 bridgehead atoms. The molecule has 0 aromatic heterocycles. The number of ether oxygens (including phenoxy) is 1. The Morgan fingerprint density at radius 1 is 1.60 bits per heavy atom. The number of rotatable bonds is 2. The van der Waals surface area contributed by atoms with Gasteiger partial charge in [-0.3, -0.25) is 9.59 Å². The van der Waals surface area contributed by atoms with Crippen molar-refractivity contribution in [3.63, 3.8) is 0 Å². The third-order valence-electron chi connectivity index (χ3n) is 0.562. The predicted molar refractivity (Wildman–Crippen MR) is 31.8 cm³/mol. The second kappa shape index (κ2) is 4.39. The summed E-state index contributed by atoms with van der Waals surface area (Å²) < 4.78 is 4.12. The van der Waals surface area contributed by atoms with Gasteiger partial charge in [0.05, 0.1) is 0 Å². The lowest BCUT2D eigenvalue weighted by atomic mass is 10.4. The Hall–Kier alpha value is -1.50. The number of hydrogen-bond acceptors (Lipinski definition) is 3. The van der Waals surface area contributed by atoms with Gasteiger partial charge in [-0.2, -0.15) is 0 Å². The Labute approximate surface area is 57.8 Å². The minimum atomic E-state index is -1.22. The molecule has 0 amide bonds. The van der Waals surface area contributed by atoms with Crippen LogP contribution in [0.25, 0.3) is 0 Å². The van der Waals surface area contributed by atoms with Crippen LogP contribution in [0, 0.1) is 12.0 Å². The van der Waals surface area contributed by atoms with E-state index in [4.69, 9.17) is 5.11 Å². The molecular formula is C6H6O4. The van der Waals surface area contributed by atoms with E-state index in [9.17, 15) is 9.59 Å². The maximum atomic E-state index is 10.3. The number of carbonyl (C=O) groups excluding carboxylic acids is 1. The van der Waals surface area contributed by atoms with E-state index in [1.807, 2.05) is 6.11 Å². The highest BCUT2D eigenvalue weighted by molar-refractivity contribution is 5.90. The number of carboxylic acids is 1. The van der Waals surface area contributed by atoms with Crippen molar-refractivity contribution in [3.05, 3.63) is 0 Å². The molecular weight excluding hydrogens is 136 g/mol. The molecule has 0 saturated carbocycles. The number of carboxylic acid groups (broad SMARTS) is 1. The van der Waals surface area contributed by atoms with Gasteiger partial charge in [0.15, 0.2) is 0 Å². The minimum absolute atomic E-state index is 0.644. The molecule has 0 spiro atoms. The summed E-state index contributed by atoms with van der Waals surface area (Å²) in [6.45, 7) is 1.48. The van der Waals surface area contributed by atoms with Gasteiger partial charge < -0.3 is 9.84 Å². The van der Waals surface area contributed by atoms with Crippen LogP contribution >= 0.6 is 0 Å². The van der Waals surface area contributed by atoms with Crippen molar-refractivity contribution >= 4 is 11.9 Å². The van der Waals surface area contributed by atoms with Crippen molar-refractivity contribution in [2.45, 2.75) is 13.3 Å². The summed E-state index contributed by atoms with van der Waals surface area (Å²) in [7, 11) is 0. The first-order valence-electron chi connectivity index (χ1n) is 2.50. The number of aliphatic carboxylic acids is 1. The zero-order chi connectivity index (χ0) is 7.98. The molecule has 0 aliphatic carbocycles. The second-order valence-corrected chi connectivity index (χ2v) is 1.40. The number of hydrogen-bond donors (Lipinski definition) is 1. The lowest BCUT2D eigenvalue weighted by Gasteiger charge is -1.88. The van der Waals surface area contributed by atoms with E-state index < -0.39 is 18.4 Å². The van der Waals surface area contributed by atoms with Gasteiger partial charge in [0.2, 0.25) is 0 Å². The third kappa shape index (κ3) is 4.65. The third-order valence-corrected chi connectivity index (χ3v) is 0.562. The molecule has 0 heterocycles. The normalized spacial score (nSPS) is 7.30. The topological polar surface area (TPSA) is 63.6 Å². The lowest BCUT2D eigenvalue weighted by Crippen LogP contribution is -2.07. The monoisotopic (exact) mass is 142 g/mol. The largest absolute Gasteiger partial charge is 0.481 e. The van der Waals surface area contributed by atoms with E-state index in [2.05, 4.69) is 10.7 Å². The average Bonchev–Trinajstić information content (AvgIpc) is 1.82. The van der Waals surface area contributed by atoms with Crippen molar-refractivity contribution in [1.29, 1.82) is 0 Å². The van der Waals surface area contributed by atoms with Gasteiger partial charge in [0.1, 0.15) is 12.5 Å². The van der Waals surface area contributed by atoms with Crippen molar-refractivity contribution < 1.29 is 19.4 Å². The van der Waals surface area contributed by atoms with Gasteiger partial charge >= 0.3 is 11.9 Å². The molecule has 4 heteroatoms. The molecule has 0 aromatic carbocycles. The molecule has 1 N–H and O–H groups in total. The molecule has 0 rings (SSSR count). The first-order valence-corrected chi connectivity index (χ1v) is 2.50. The maximum Gasteiger partial charge on any atom is 0.331 e. The summed E-state index contributed by atoms with van der Waals surface area (Å²) in [5, 5.41) is 8.03. The summed E-state index contributed by atoms with van der Waals surface area (Å²) in [6, 6.07) is 0. The molecule has 0 aliphatic heterocycles. The van der Waals surface area contributed by atoms with E-state index in [0.717, 1.165) is 0 Å². The van der Waals surface area contributed by atoms with Crippen LogP contribution in [-0.4, -0.2) is 17.0 Å². The summed E-state index contributed by atoms with van der Waals surface area (Å²) in [5.41, 5.74) is 0. The van der Waals surface area contributed by atoms with Crippen molar-refractivity contribution in [2.75, 3.05) is 0 Å². The van der Waals surface area contributed by atoms with Crippen LogP contribution < -0.4 is 0 Å². The molecule has 0 radical (unpaired) electrons. The highest BCUT2D eigenvalue weighted by atomic mass is 16.5. The summed E-state index contributed by atoms with van der Waals surface area (Å²) in [5.74, 6) is 0.221. The van der Waals surface area contributed by atoms with Crippen LogP contribution in [0.1, 0.15) is 13.3 Å². The van der Waals surface area contributed by atoms with Gasteiger partial charge in [-0.1, -0.05) is 5.92 Å². The summed E-state index contributed by atoms with van der Waals surface area (Å²) in [6.07, 6.45) is 1.35. The predicted octanol–water partition coefficient (Wildman–Crippen LogP) is -0.0149. The van der Waals surface area contributed by atoms with Crippen molar-refractivity contribution in [1.82, 2.24) is 0 Å². The fraction of sp³-hybridized carbons (Fsp3) is 0.333. The van der Waals surface area contributed by atoms with E-state index in [-0.39, 0.29) is 0 Å². The van der Waals surface area contributed by atoms with Gasteiger partial charge in [-0.15, -0.1) is 0 Å². The fourth-order valence-corrected chi connectivity index (χ4v) is 0.268. The van der Waals surface area contributed by atoms with Crippen LogP contribution in [0.4, 0.5) is 0 Å². The zero-order valence-electron chi connectivity index (χ0n) is 5.38. The average molecular weight is 142 g/mol. The summed E-state index contributed by atoms with van der Waals surface area (Å²) in [4.78, 5) is 20.1. The Bertz CT molecular complexity index is 196. The number of esters is 1. The maximum absolute atomic E-state index is 10.3. The molecule has 0 unspecified atom stereocenters. The van der Waals surface area contributed by atoms with Crippen molar-refractivity contribution in [3.8, 4) is 12.0 Å². The standard InChI is InChI=1S/C6H6O4/c1-2-3-10-6(9)4-5(7)8/h4H2,1H3,(H,7,8). The molecule has 0 aromatic rings. The van der Waals surface area contributed by atoms with E-state index in [0.29, 0.717) is 0 Å². The van der Waals surface area contributed by atoms with E-state index in [1.165, 1.54) is 6.92 Å². The molecule has 0 atom stereocenters. The molecule has 10 heavy (non-hydrogen) atoms. The number of carbonyl (C=O) groups is 2. The minimum Gasteiger partial charge on any atom is -0.481 e.